The van der Waals surface area contributed by atoms with E-state index in [2.05, 4.69) is 15.3 Å². The highest BCUT2D eigenvalue weighted by atomic mass is 16.1. The zero-order chi connectivity index (χ0) is 16.1. The minimum absolute atomic E-state index is 0.0254. The van der Waals surface area contributed by atoms with Gasteiger partial charge in [0.25, 0.3) is 0 Å². The molecule has 0 spiro atoms. The lowest BCUT2D eigenvalue weighted by Crippen LogP contribution is -2.14. The van der Waals surface area contributed by atoms with Crippen molar-refractivity contribution in [1.29, 1.82) is 0 Å². The molecule has 1 heterocycles. The van der Waals surface area contributed by atoms with Gasteiger partial charge in [0.15, 0.2) is 0 Å². The van der Waals surface area contributed by atoms with E-state index in [0.717, 1.165) is 28.2 Å². The quantitative estimate of drug-likeness (QED) is 0.800. The maximum absolute atomic E-state index is 12.0. The predicted molar refractivity (Wildman–Crippen MR) is 91.0 cm³/mol. The van der Waals surface area contributed by atoms with Crippen molar-refractivity contribution in [3.05, 3.63) is 78.4 Å². The molecule has 0 aliphatic carbocycles. The predicted octanol–water partition coefficient (Wildman–Crippen LogP) is 3.63. The number of rotatable bonds is 4. The highest BCUT2D eigenvalue weighted by molar-refractivity contribution is 5.92. The van der Waals surface area contributed by atoms with Gasteiger partial charge in [-0.05, 0) is 30.2 Å². The van der Waals surface area contributed by atoms with Crippen LogP contribution in [0.1, 0.15) is 11.4 Å². The summed E-state index contributed by atoms with van der Waals surface area (Å²) in [5.74, 6) is 0.723. The van der Waals surface area contributed by atoms with E-state index in [-0.39, 0.29) is 5.91 Å². The molecule has 0 aliphatic rings. The molecule has 0 unspecified atom stereocenters. The van der Waals surface area contributed by atoms with E-state index in [1.54, 1.807) is 12.4 Å². The summed E-state index contributed by atoms with van der Waals surface area (Å²) in [5.41, 5.74) is 3.75. The van der Waals surface area contributed by atoms with Crippen LogP contribution in [0.4, 0.5) is 5.69 Å². The van der Waals surface area contributed by atoms with Crippen LogP contribution in [0, 0.1) is 6.92 Å². The molecule has 0 saturated heterocycles. The standard InChI is InChI=1S/C19H17N3O/c1-14-20-12-17(13-21-14)16-7-9-18(10-8-16)22-19(23)11-15-5-3-2-4-6-15/h2-10,12-13H,11H2,1H3,(H,22,23). The van der Waals surface area contributed by atoms with E-state index in [4.69, 9.17) is 0 Å². The third kappa shape index (κ3) is 4.01. The van der Waals surface area contributed by atoms with Crippen molar-refractivity contribution in [3.8, 4) is 11.1 Å². The Morgan fingerprint density at radius 3 is 2.22 bits per heavy atom. The molecule has 2 aromatic carbocycles. The highest BCUT2D eigenvalue weighted by Gasteiger charge is 2.04. The van der Waals surface area contributed by atoms with Gasteiger partial charge in [-0.2, -0.15) is 0 Å². The minimum atomic E-state index is -0.0254. The van der Waals surface area contributed by atoms with Gasteiger partial charge in [-0.3, -0.25) is 4.79 Å². The van der Waals surface area contributed by atoms with Gasteiger partial charge in [0, 0.05) is 23.6 Å². The molecule has 1 N–H and O–H groups in total. The fraction of sp³-hybridized carbons (Fsp3) is 0.105. The van der Waals surface area contributed by atoms with Crippen LogP contribution in [0.15, 0.2) is 67.0 Å². The molecule has 4 heteroatoms. The summed E-state index contributed by atoms with van der Waals surface area (Å²) in [6.07, 6.45) is 3.96. The number of carbonyl (C=O) groups is 1. The van der Waals surface area contributed by atoms with Crippen molar-refractivity contribution in [2.24, 2.45) is 0 Å². The second-order valence-corrected chi connectivity index (χ2v) is 5.31. The van der Waals surface area contributed by atoms with E-state index in [9.17, 15) is 4.79 Å². The minimum Gasteiger partial charge on any atom is -0.326 e. The molecule has 0 bridgehead atoms. The summed E-state index contributed by atoms with van der Waals surface area (Å²) in [4.78, 5) is 20.4. The molecule has 3 aromatic rings. The zero-order valence-electron chi connectivity index (χ0n) is 12.9. The molecule has 0 saturated carbocycles. The number of carbonyl (C=O) groups excluding carboxylic acids is 1. The Balaban J connectivity index is 1.65. The molecular formula is C19H17N3O. The fourth-order valence-corrected chi connectivity index (χ4v) is 2.27. The van der Waals surface area contributed by atoms with Gasteiger partial charge in [-0.1, -0.05) is 42.5 Å². The van der Waals surface area contributed by atoms with Gasteiger partial charge < -0.3 is 5.32 Å². The number of hydrogen-bond donors (Lipinski definition) is 1. The zero-order valence-corrected chi connectivity index (χ0v) is 12.9. The van der Waals surface area contributed by atoms with Crippen molar-refractivity contribution in [2.75, 3.05) is 5.32 Å². The lowest BCUT2D eigenvalue weighted by atomic mass is 10.1. The lowest BCUT2D eigenvalue weighted by Gasteiger charge is -2.07. The summed E-state index contributed by atoms with van der Waals surface area (Å²) >= 11 is 0. The maximum atomic E-state index is 12.0. The Morgan fingerprint density at radius 2 is 1.57 bits per heavy atom. The molecule has 0 fully saturated rings. The molecule has 4 nitrogen and oxygen atoms in total. The van der Waals surface area contributed by atoms with Crippen LogP contribution in [0.5, 0.6) is 0 Å². The first kappa shape index (κ1) is 14.9. The van der Waals surface area contributed by atoms with Crippen molar-refractivity contribution in [3.63, 3.8) is 0 Å². The third-order valence-corrected chi connectivity index (χ3v) is 3.49. The van der Waals surface area contributed by atoms with Crippen LogP contribution >= 0.6 is 0 Å². The summed E-state index contributed by atoms with van der Waals surface area (Å²) in [7, 11) is 0. The molecule has 0 aliphatic heterocycles. The molecule has 0 radical (unpaired) electrons. The number of aromatic nitrogens is 2. The summed E-state index contributed by atoms with van der Waals surface area (Å²) < 4.78 is 0. The first-order valence-corrected chi connectivity index (χ1v) is 7.43. The molecule has 114 valence electrons. The molecule has 1 aromatic heterocycles. The Kier molecular flexibility index (Phi) is 4.43. The number of benzene rings is 2. The molecule has 3 rings (SSSR count). The van der Waals surface area contributed by atoms with Gasteiger partial charge in [0.2, 0.25) is 5.91 Å². The monoisotopic (exact) mass is 303 g/mol. The average Bonchev–Trinajstić information content (AvgIpc) is 2.57. The van der Waals surface area contributed by atoms with Gasteiger partial charge >= 0.3 is 0 Å². The second kappa shape index (κ2) is 6.83. The van der Waals surface area contributed by atoms with Gasteiger partial charge in [-0.25, -0.2) is 9.97 Å². The number of aryl methyl sites for hydroxylation is 1. The SMILES string of the molecule is Cc1ncc(-c2ccc(NC(=O)Cc3ccccc3)cc2)cn1. The Morgan fingerprint density at radius 1 is 0.913 bits per heavy atom. The highest BCUT2D eigenvalue weighted by Crippen LogP contribution is 2.20. The van der Waals surface area contributed by atoms with Gasteiger partial charge in [0.05, 0.1) is 6.42 Å². The summed E-state index contributed by atoms with van der Waals surface area (Å²) in [6, 6.07) is 17.4. The number of nitrogens with one attached hydrogen (secondary N) is 1. The van der Waals surface area contributed by atoms with Crippen molar-refractivity contribution in [2.45, 2.75) is 13.3 Å². The van der Waals surface area contributed by atoms with Crippen LogP contribution < -0.4 is 5.32 Å². The maximum Gasteiger partial charge on any atom is 0.228 e. The smallest absolute Gasteiger partial charge is 0.228 e. The topological polar surface area (TPSA) is 54.9 Å². The van der Waals surface area contributed by atoms with Gasteiger partial charge in [-0.15, -0.1) is 0 Å². The third-order valence-electron chi connectivity index (χ3n) is 3.49. The number of amides is 1. The normalized spacial score (nSPS) is 10.3. The van der Waals surface area contributed by atoms with E-state index >= 15 is 0 Å². The van der Waals surface area contributed by atoms with Crippen LogP contribution in [0.2, 0.25) is 0 Å². The fourth-order valence-electron chi connectivity index (χ4n) is 2.27. The van der Waals surface area contributed by atoms with Crippen LogP contribution in [-0.4, -0.2) is 15.9 Å². The van der Waals surface area contributed by atoms with E-state index < -0.39 is 0 Å². The first-order chi connectivity index (χ1) is 11.2. The molecular weight excluding hydrogens is 286 g/mol. The number of nitrogens with zero attached hydrogens (tertiary/aromatic N) is 2. The van der Waals surface area contributed by atoms with E-state index in [1.165, 1.54) is 0 Å². The molecule has 0 atom stereocenters. The number of anilines is 1. The molecule has 23 heavy (non-hydrogen) atoms. The van der Waals surface area contributed by atoms with Crippen LogP contribution in [0.3, 0.4) is 0 Å². The van der Waals surface area contributed by atoms with Crippen molar-refractivity contribution >= 4 is 11.6 Å². The Bertz CT molecular complexity index is 781. The van der Waals surface area contributed by atoms with Gasteiger partial charge in [0.1, 0.15) is 5.82 Å². The van der Waals surface area contributed by atoms with E-state index in [0.29, 0.717) is 6.42 Å². The van der Waals surface area contributed by atoms with E-state index in [1.807, 2.05) is 61.5 Å². The van der Waals surface area contributed by atoms with Crippen LogP contribution in [-0.2, 0) is 11.2 Å². The van der Waals surface area contributed by atoms with Crippen molar-refractivity contribution in [1.82, 2.24) is 9.97 Å². The Hall–Kier alpha value is -3.01. The number of hydrogen-bond acceptors (Lipinski definition) is 3. The first-order valence-electron chi connectivity index (χ1n) is 7.43. The van der Waals surface area contributed by atoms with Crippen molar-refractivity contribution < 1.29 is 4.79 Å². The molecule has 1 amide bonds. The largest absolute Gasteiger partial charge is 0.326 e. The summed E-state index contributed by atoms with van der Waals surface area (Å²) in [6.45, 7) is 1.86. The Labute approximate surface area is 135 Å². The second-order valence-electron chi connectivity index (χ2n) is 5.31. The lowest BCUT2D eigenvalue weighted by molar-refractivity contribution is -0.115. The average molecular weight is 303 g/mol. The van der Waals surface area contributed by atoms with Crippen LogP contribution in [0.25, 0.3) is 11.1 Å². The summed E-state index contributed by atoms with van der Waals surface area (Å²) in [5, 5.41) is 2.91.